The van der Waals surface area contributed by atoms with Crippen LogP contribution in [0.4, 0.5) is 5.69 Å². The van der Waals surface area contributed by atoms with Crippen molar-refractivity contribution >= 4 is 11.6 Å². The van der Waals surface area contributed by atoms with Crippen molar-refractivity contribution in [3.8, 4) is 0 Å². The molecule has 4 nitrogen and oxygen atoms in total. The summed E-state index contributed by atoms with van der Waals surface area (Å²) in [5.74, 6) is 0.673. The normalized spacial score (nSPS) is 22.4. The Labute approximate surface area is 121 Å². The van der Waals surface area contributed by atoms with Crippen LogP contribution in [0.15, 0.2) is 18.2 Å². The predicted octanol–water partition coefficient (Wildman–Crippen LogP) is 2.06. The van der Waals surface area contributed by atoms with E-state index in [0.717, 1.165) is 29.9 Å². The molecule has 1 amide bonds. The maximum absolute atomic E-state index is 12.7. The molecule has 1 N–H and O–H groups in total. The Balaban J connectivity index is 2.16. The number of benzene rings is 1. The van der Waals surface area contributed by atoms with Crippen LogP contribution in [0, 0.1) is 12.8 Å². The third-order valence-corrected chi connectivity index (χ3v) is 4.27. The number of anilines is 1. The van der Waals surface area contributed by atoms with Gasteiger partial charge in [-0.05, 0) is 50.7 Å². The Bertz CT molecular complexity index is 498. The average Bonchev–Trinajstić information content (AvgIpc) is 2.80. The van der Waals surface area contributed by atoms with Crippen molar-refractivity contribution in [3.63, 3.8) is 0 Å². The molecule has 0 radical (unpaired) electrons. The van der Waals surface area contributed by atoms with Gasteiger partial charge >= 0.3 is 0 Å². The second-order valence-corrected chi connectivity index (χ2v) is 6.00. The number of nitrogens with one attached hydrogen (secondary N) is 1. The van der Waals surface area contributed by atoms with Gasteiger partial charge in [0.25, 0.3) is 5.91 Å². The van der Waals surface area contributed by atoms with Gasteiger partial charge in [0.2, 0.25) is 0 Å². The van der Waals surface area contributed by atoms with E-state index in [1.165, 1.54) is 0 Å². The molecule has 4 heteroatoms. The highest BCUT2D eigenvalue weighted by molar-refractivity contribution is 5.96. The minimum absolute atomic E-state index is 0.154. The first-order chi connectivity index (χ1) is 9.43. The second kappa shape index (κ2) is 5.83. The van der Waals surface area contributed by atoms with Crippen molar-refractivity contribution < 1.29 is 4.79 Å². The van der Waals surface area contributed by atoms with E-state index >= 15 is 0 Å². The van der Waals surface area contributed by atoms with Crippen LogP contribution in [0.2, 0.25) is 0 Å². The Morgan fingerprint density at radius 1 is 1.35 bits per heavy atom. The number of amides is 1. The first-order valence-corrected chi connectivity index (χ1v) is 7.18. The smallest absolute Gasteiger partial charge is 0.254 e. The van der Waals surface area contributed by atoms with Crippen LogP contribution in [0.1, 0.15) is 22.8 Å². The average molecular weight is 275 g/mol. The minimum Gasteiger partial charge on any atom is -0.388 e. The zero-order valence-corrected chi connectivity index (χ0v) is 13.1. The third kappa shape index (κ3) is 2.80. The Kier molecular flexibility index (Phi) is 4.33. The van der Waals surface area contributed by atoms with E-state index in [0.29, 0.717) is 12.0 Å². The fourth-order valence-electron chi connectivity index (χ4n) is 3.02. The minimum atomic E-state index is 0.154. The Morgan fingerprint density at radius 2 is 2.05 bits per heavy atom. The summed E-state index contributed by atoms with van der Waals surface area (Å²) in [4.78, 5) is 16.9. The lowest BCUT2D eigenvalue weighted by Crippen LogP contribution is -2.36. The standard InChI is InChI=1S/C16H25N3O/c1-11-8-13(17-3)6-7-14(11)16(20)19-9-12(2)15(10-19)18(4)5/h6-8,12,15,17H,9-10H2,1-5H3. The van der Waals surface area contributed by atoms with Crippen LogP contribution in [-0.2, 0) is 0 Å². The number of hydrogen-bond acceptors (Lipinski definition) is 3. The van der Waals surface area contributed by atoms with Gasteiger partial charge in [0.1, 0.15) is 0 Å². The largest absolute Gasteiger partial charge is 0.388 e. The molecule has 1 aromatic rings. The number of carbonyl (C=O) groups excluding carboxylic acids is 1. The van der Waals surface area contributed by atoms with Gasteiger partial charge in [0.05, 0.1) is 0 Å². The zero-order valence-electron chi connectivity index (χ0n) is 13.1. The number of rotatable bonds is 3. The summed E-state index contributed by atoms with van der Waals surface area (Å²) < 4.78 is 0. The molecular weight excluding hydrogens is 250 g/mol. The van der Waals surface area contributed by atoms with Crippen molar-refractivity contribution in [2.45, 2.75) is 19.9 Å². The fraction of sp³-hybridized carbons (Fsp3) is 0.562. The molecule has 110 valence electrons. The van der Waals surface area contributed by atoms with Gasteiger partial charge in [-0.3, -0.25) is 4.79 Å². The Hall–Kier alpha value is -1.55. The van der Waals surface area contributed by atoms with Gasteiger partial charge in [-0.15, -0.1) is 0 Å². The number of nitrogens with zero attached hydrogens (tertiary/aromatic N) is 2. The molecule has 0 saturated carbocycles. The summed E-state index contributed by atoms with van der Waals surface area (Å²) >= 11 is 0. The summed E-state index contributed by atoms with van der Waals surface area (Å²) in [5, 5.41) is 3.10. The third-order valence-electron chi connectivity index (χ3n) is 4.27. The number of hydrogen-bond donors (Lipinski definition) is 1. The summed E-state index contributed by atoms with van der Waals surface area (Å²) in [6.07, 6.45) is 0. The molecule has 1 fully saturated rings. The quantitative estimate of drug-likeness (QED) is 0.917. The SMILES string of the molecule is CNc1ccc(C(=O)N2CC(C)C(N(C)C)C2)c(C)c1. The van der Waals surface area contributed by atoms with Crippen molar-refractivity contribution in [3.05, 3.63) is 29.3 Å². The van der Waals surface area contributed by atoms with Crippen LogP contribution in [-0.4, -0.2) is 56.0 Å². The van der Waals surface area contributed by atoms with E-state index in [9.17, 15) is 4.79 Å². The van der Waals surface area contributed by atoms with Gasteiger partial charge in [-0.25, -0.2) is 0 Å². The maximum atomic E-state index is 12.7. The van der Waals surface area contributed by atoms with Crippen LogP contribution in [0.25, 0.3) is 0 Å². The van der Waals surface area contributed by atoms with Gasteiger partial charge in [0, 0.05) is 37.4 Å². The first kappa shape index (κ1) is 14.9. The molecule has 1 aliphatic rings. The lowest BCUT2D eigenvalue weighted by Gasteiger charge is -2.22. The molecule has 2 rings (SSSR count). The molecule has 0 aromatic heterocycles. The van der Waals surface area contributed by atoms with Crippen LogP contribution in [0.3, 0.4) is 0 Å². The molecule has 1 heterocycles. The van der Waals surface area contributed by atoms with E-state index in [2.05, 4.69) is 31.2 Å². The predicted molar refractivity (Wildman–Crippen MR) is 83.3 cm³/mol. The van der Waals surface area contributed by atoms with Crippen LogP contribution >= 0.6 is 0 Å². The molecule has 1 saturated heterocycles. The first-order valence-electron chi connectivity index (χ1n) is 7.18. The molecule has 2 atom stereocenters. The molecule has 0 aliphatic carbocycles. The molecule has 0 spiro atoms. The summed E-state index contributed by atoms with van der Waals surface area (Å²) in [6, 6.07) is 6.37. The monoisotopic (exact) mass is 275 g/mol. The summed E-state index contributed by atoms with van der Waals surface area (Å²) in [5.41, 5.74) is 2.89. The number of carbonyl (C=O) groups is 1. The second-order valence-electron chi connectivity index (χ2n) is 6.00. The van der Waals surface area contributed by atoms with Crippen molar-refractivity contribution in [1.29, 1.82) is 0 Å². The van der Waals surface area contributed by atoms with Crippen molar-refractivity contribution in [2.24, 2.45) is 5.92 Å². The van der Waals surface area contributed by atoms with Gasteiger partial charge in [-0.1, -0.05) is 6.92 Å². The summed E-state index contributed by atoms with van der Waals surface area (Å²) in [7, 11) is 6.06. The molecule has 20 heavy (non-hydrogen) atoms. The lowest BCUT2D eigenvalue weighted by molar-refractivity contribution is 0.0780. The van der Waals surface area contributed by atoms with E-state index in [1.54, 1.807) is 0 Å². The van der Waals surface area contributed by atoms with E-state index in [4.69, 9.17) is 0 Å². The highest BCUT2D eigenvalue weighted by Gasteiger charge is 2.34. The molecule has 1 aromatic carbocycles. The van der Waals surface area contributed by atoms with Crippen LogP contribution in [0.5, 0.6) is 0 Å². The Morgan fingerprint density at radius 3 is 2.55 bits per heavy atom. The van der Waals surface area contributed by atoms with E-state index in [1.807, 2.05) is 37.1 Å². The van der Waals surface area contributed by atoms with E-state index in [-0.39, 0.29) is 5.91 Å². The number of likely N-dealkylation sites (N-methyl/N-ethyl adjacent to an activating group) is 1. The topological polar surface area (TPSA) is 35.6 Å². The molecular formula is C16H25N3O. The lowest BCUT2D eigenvalue weighted by atomic mass is 10.1. The van der Waals surface area contributed by atoms with Crippen molar-refractivity contribution in [1.82, 2.24) is 9.80 Å². The highest BCUT2D eigenvalue weighted by Crippen LogP contribution is 2.23. The van der Waals surface area contributed by atoms with E-state index < -0.39 is 0 Å². The number of likely N-dealkylation sites (tertiary alicyclic amines) is 1. The molecule has 1 aliphatic heterocycles. The molecule has 2 unspecified atom stereocenters. The summed E-state index contributed by atoms with van der Waals surface area (Å²) in [6.45, 7) is 5.88. The van der Waals surface area contributed by atoms with Gasteiger partial charge < -0.3 is 15.1 Å². The highest BCUT2D eigenvalue weighted by atomic mass is 16.2. The maximum Gasteiger partial charge on any atom is 0.254 e. The fourth-order valence-corrected chi connectivity index (χ4v) is 3.02. The van der Waals surface area contributed by atoms with Crippen LogP contribution < -0.4 is 5.32 Å². The molecule has 0 bridgehead atoms. The zero-order chi connectivity index (χ0) is 14.9. The van der Waals surface area contributed by atoms with Gasteiger partial charge in [0.15, 0.2) is 0 Å². The van der Waals surface area contributed by atoms with Gasteiger partial charge in [-0.2, -0.15) is 0 Å². The number of aryl methyl sites for hydroxylation is 1. The van der Waals surface area contributed by atoms with Crippen molar-refractivity contribution in [2.75, 3.05) is 39.5 Å².